The maximum absolute atomic E-state index is 5.35. The first kappa shape index (κ1) is 15.5. The Labute approximate surface area is 126 Å². The molecular weight excluding hydrogens is 270 g/mol. The van der Waals surface area contributed by atoms with Gasteiger partial charge in [0, 0.05) is 6.04 Å². The van der Waals surface area contributed by atoms with Crippen LogP contribution in [0.1, 0.15) is 18.9 Å². The van der Waals surface area contributed by atoms with Crippen molar-refractivity contribution in [3.63, 3.8) is 0 Å². The van der Waals surface area contributed by atoms with Gasteiger partial charge in [0.1, 0.15) is 0 Å². The lowest BCUT2D eigenvalue weighted by atomic mass is 10.0. The lowest BCUT2D eigenvalue weighted by Crippen LogP contribution is -2.32. The summed E-state index contributed by atoms with van der Waals surface area (Å²) in [5.74, 6) is 5.10. The summed E-state index contributed by atoms with van der Waals surface area (Å²) in [6.07, 6.45) is 2.38. The molecule has 0 radical (unpaired) electrons. The van der Waals surface area contributed by atoms with Crippen LogP contribution in [0.2, 0.25) is 0 Å². The van der Waals surface area contributed by atoms with Crippen LogP contribution in [-0.2, 0) is 6.42 Å². The number of ether oxygens (including phenoxy) is 2. The summed E-state index contributed by atoms with van der Waals surface area (Å²) in [5.41, 5.74) is 1.28. The molecule has 4 heteroatoms. The van der Waals surface area contributed by atoms with Crippen LogP contribution in [0.4, 0.5) is 0 Å². The second-order valence-corrected chi connectivity index (χ2v) is 6.58. The molecule has 0 saturated carbocycles. The standard InChI is InChI=1S/C16H25NO2S/c1-12(17-10-14-6-7-20-11-14)8-13-4-5-15(18-2)16(9-13)19-3/h4-5,9,12,14,17H,6-8,10-11H2,1-3H3. The molecule has 1 saturated heterocycles. The zero-order chi connectivity index (χ0) is 14.4. The molecule has 112 valence electrons. The van der Waals surface area contributed by atoms with E-state index in [1.165, 1.54) is 23.5 Å². The van der Waals surface area contributed by atoms with E-state index in [9.17, 15) is 0 Å². The molecule has 1 heterocycles. The number of hydrogen-bond donors (Lipinski definition) is 1. The van der Waals surface area contributed by atoms with Gasteiger partial charge in [0.05, 0.1) is 14.2 Å². The largest absolute Gasteiger partial charge is 0.493 e. The van der Waals surface area contributed by atoms with Crippen LogP contribution in [0.3, 0.4) is 0 Å². The predicted octanol–water partition coefficient (Wildman–Crippen LogP) is 2.98. The summed E-state index contributed by atoms with van der Waals surface area (Å²) in [4.78, 5) is 0. The van der Waals surface area contributed by atoms with Gasteiger partial charge in [0.15, 0.2) is 11.5 Å². The average molecular weight is 295 g/mol. The molecular formula is C16H25NO2S. The van der Waals surface area contributed by atoms with E-state index >= 15 is 0 Å². The fourth-order valence-electron chi connectivity index (χ4n) is 2.55. The van der Waals surface area contributed by atoms with Crippen LogP contribution >= 0.6 is 11.8 Å². The van der Waals surface area contributed by atoms with Gasteiger partial charge in [0.2, 0.25) is 0 Å². The average Bonchev–Trinajstić information content (AvgIpc) is 2.98. The third-order valence-corrected chi connectivity index (χ3v) is 5.00. The molecule has 1 aromatic carbocycles. The third kappa shape index (κ3) is 4.32. The Bertz CT molecular complexity index is 419. The van der Waals surface area contributed by atoms with Crippen LogP contribution < -0.4 is 14.8 Å². The van der Waals surface area contributed by atoms with E-state index in [4.69, 9.17) is 9.47 Å². The molecule has 0 spiro atoms. The number of methoxy groups -OCH3 is 2. The van der Waals surface area contributed by atoms with E-state index in [-0.39, 0.29) is 0 Å². The summed E-state index contributed by atoms with van der Waals surface area (Å²) in [7, 11) is 3.35. The molecule has 3 nitrogen and oxygen atoms in total. The van der Waals surface area contributed by atoms with Crippen molar-refractivity contribution in [3.8, 4) is 11.5 Å². The van der Waals surface area contributed by atoms with Crippen LogP contribution in [0, 0.1) is 5.92 Å². The molecule has 0 aliphatic carbocycles. The number of rotatable bonds is 7. The highest BCUT2D eigenvalue weighted by atomic mass is 32.2. The number of thioether (sulfide) groups is 1. The summed E-state index contributed by atoms with van der Waals surface area (Å²) < 4.78 is 10.6. The lowest BCUT2D eigenvalue weighted by Gasteiger charge is -2.17. The number of nitrogens with one attached hydrogen (secondary N) is 1. The van der Waals surface area contributed by atoms with Crippen molar-refractivity contribution in [1.29, 1.82) is 0 Å². The van der Waals surface area contributed by atoms with Gasteiger partial charge >= 0.3 is 0 Å². The topological polar surface area (TPSA) is 30.5 Å². The molecule has 20 heavy (non-hydrogen) atoms. The molecule has 1 aliphatic heterocycles. The van der Waals surface area contributed by atoms with Gasteiger partial charge in [-0.15, -0.1) is 0 Å². The van der Waals surface area contributed by atoms with Crippen molar-refractivity contribution in [2.45, 2.75) is 25.8 Å². The maximum Gasteiger partial charge on any atom is 0.160 e. The Balaban J connectivity index is 1.85. The summed E-state index contributed by atoms with van der Waals surface area (Å²) in [6.45, 7) is 3.39. The smallest absolute Gasteiger partial charge is 0.160 e. The van der Waals surface area contributed by atoms with Crippen molar-refractivity contribution in [3.05, 3.63) is 23.8 Å². The van der Waals surface area contributed by atoms with Crippen molar-refractivity contribution < 1.29 is 9.47 Å². The van der Waals surface area contributed by atoms with E-state index in [1.54, 1.807) is 14.2 Å². The van der Waals surface area contributed by atoms with Gasteiger partial charge in [0.25, 0.3) is 0 Å². The normalized spacial score (nSPS) is 19.9. The van der Waals surface area contributed by atoms with E-state index in [0.29, 0.717) is 6.04 Å². The molecule has 1 N–H and O–H groups in total. The first-order valence-corrected chi connectivity index (χ1v) is 8.40. The van der Waals surface area contributed by atoms with Gasteiger partial charge < -0.3 is 14.8 Å². The van der Waals surface area contributed by atoms with Crippen molar-refractivity contribution in [2.75, 3.05) is 32.3 Å². The first-order valence-electron chi connectivity index (χ1n) is 7.25. The van der Waals surface area contributed by atoms with Gasteiger partial charge in [-0.25, -0.2) is 0 Å². The second kappa shape index (κ2) is 7.79. The predicted molar refractivity (Wildman–Crippen MR) is 86.1 cm³/mol. The molecule has 2 unspecified atom stereocenters. The summed E-state index contributed by atoms with van der Waals surface area (Å²) in [5, 5.41) is 3.65. The fourth-order valence-corrected chi connectivity index (χ4v) is 3.83. The Hall–Kier alpha value is -0.870. The van der Waals surface area contributed by atoms with Gasteiger partial charge in [-0.1, -0.05) is 6.07 Å². The van der Waals surface area contributed by atoms with E-state index in [1.807, 2.05) is 6.07 Å². The quantitative estimate of drug-likeness (QED) is 0.838. The Morgan fingerprint density at radius 3 is 2.75 bits per heavy atom. The maximum atomic E-state index is 5.35. The highest BCUT2D eigenvalue weighted by Gasteiger charge is 2.16. The van der Waals surface area contributed by atoms with Crippen LogP contribution in [0.25, 0.3) is 0 Å². The zero-order valence-corrected chi connectivity index (χ0v) is 13.5. The molecule has 2 atom stereocenters. The third-order valence-electron chi connectivity index (χ3n) is 3.77. The van der Waals surface area contributed by atoms with Gasteiger partial charge in [-0.2, -0.15) is 11.8 Å². The Morgan fingerprint density at radius 1 is 1.30 bits per heavy atom. The molecule has 2 rings (SSSR count). The highest BCUT2D eigenvalue weighted by Crippen LogP contribution is 2.28. The van der Waals surface area contributed by atoms with E-state index in [2.05, 4.69) is 36.1 Å². The molecule has 1 aromatic rings. The molecule has 1 fully saturated rings. The minimum absolute atomic E-state index is 0.485. The van der Waals surface area contributed by atoms with Crippen molar-refractivity contribution in [2.24, 2.45) is 5.92 Å². The van der Waals surface area contributed by atoms with Crippen molar-refractivity contribution >= 4 is 11.8 Å². The molecule has 1 aliphatic rings. The number of hydrogen-bond acceptors (Lipinski definition) is 4. The lowest BCUT2D eigenvalue weighted by molar-refractivity contribution is 0.354. The zero-order valence-electron chi connectivity index (χ0n) is 12.6. The minimum Gasteiger partial charge on any atom is -0.493 e. The Morgan fingerprint density at radius 2 is 2.10 bits per heavy atom. The fraction of sp³-hybridized carbons (Fsp3) is 0.625. The number of benzene rings is 1. The van der Waals surface area contributed by atoms with Crippen LogP contribution in [0.15, 0.2) is 18.2 Å². The van der Waals surface area contributed by atoms with E-state index in [0.717, 1.165) is 30.4 Å². The summed E-state index contributed by atoms with van der Waals surface area (Å²) >= 11 is 2.08. The van der Waals surface area contributed by atoms with Gasteiger partial charge in [-0.3, -0.25) is 0 Å². The Kier molecular flexibility index (Phi) is 6.05. The van der Waals surface area contributed by atoms with Crippen molar-refractivity contribution in [1.82, 2.24) is 5.32 Å². The first-order chi connectivity index (χ1) is 9.72. The second-order valence-electron chi connectivity index (χ2n) is 5.43. The minimum atomic E-state index is 0.485. The highest BCUT2D eigenvalue weighted by molar-refractivity contribution is 7.99. The SMILES string of the molecule is COc1ccc(CC(C)NCC2CCSC2)cc1OC. The molecule has 0 amide bonds. The molecule has 0 aromatic heterocycles. The van der Waals surface area contributed by atoms with Crippen LogP contribution in [-0.4, -0.2) is 38.3 Å². The van der Waals surface area contributed by atoms with E-state index < -0.39 is 0 Å². The van der Waals surface area contributed by atoms with Crippen LogP contribution in [0.5, 0.6) is 11.5 Å². The monoisotopic (exact) mass is 295 g/mol. The molecule has 0 bridgehead atoms. The van der Waals surface area contributed by atoms with Gasteiger partial charge in [-0.05, 0) is 61.4 Å². The summed E-state index contributed by atoms with van der Waals surface area (Å²) in [6, 6.07) is 6.65.